The first kappa shape index (κ1) is 8.30. The molecular weight excluding hydrogens is 162 g/mol. The molecule has 2 rings (SSSR count). The van der Waals surface area contributed by atoms with Crippen molar-refractivity contribution in [3.8, 4) is 0 Å². The zero-order chi connectivity index (χ0) is 9.10. The highest BCUT2D eigenvalue weighted by Gasteiger charge is 2.14. The van der Waals surface area contributed by atoms with Crippen molar-refractivity contribution in [3.05, 3.63) is 35.9 Å². The lowest BCUT2D eigenvalue weighted by molar-refractivity contribution is 0.241. The number of benzene rings is 1. The van der Waals surface area contributed by atoms with Gasteiger partial charge in [-0.3, -0.25) is 4.99 Å². The second-order valence-corrected chi connectivity index (χ2v) is 3.33. The molecule has 68 valence electrons. The van der Waals surface area contributed by atoms with Crippen LogP contribution in [0.5, 0.6) is 0 Å². The van der Waals surface area contributed by atoms with Gasteiger partial charge in [-0.05, 0) is 12.5 Å². The predicted molar refractivity (Wildman–Crippen MR) is 53.0 cm³/mol. The summed E-state index contributed by atoms with van der Waals surface area (Å²) in [6.07, 6.45) is 1.09. The van der Waals surface area contributed by atoms with E-state index in [-0.39, 0.29) is 6.10 Å². The van der Waals surface area contributed by atoms with Gasteiger partial charge in [0.2, 0.25) is 0 Å². The molecule has 1 aromatic carbocycles. The minimum Gasteiger partial charge on any atom is -0.476 e. The SMILES string of the molecule is CC1CN=C(Cc2ccccc2)O1. The van der Waals surface area contributed by atoms with Crippen molar-refractivity contribution < 1.29 is 4.74 Å². The molecule has 0 N–H and O–H groups in total. The van der Waals surface area contributed by atoms with Crippen LogP contribution in [0.2, 0.25) is 0 Å². The summed E-state index contributed by atoms with van der Waals surface area (Å²) in [4.78, 5) is 4.31. The number of hydrogen-bond acceptors (Lipinski definition) is 2. The molecule has 1 aliphatic rings. The maximum absolute atomic E-state index is 5.52. The minimum atomic E-state index is 0.263. The first-order chi connectivity index (χ1) is 6.34. The van der Waals surface area contributed by atoms with E-state index < -0.39 is 0 Å². The van der Waals surface area contributed by atoms with Gasteiger partial charge in [0.05, 0.1) is 6.54 Å². The van der Waals surface area contributed by atoms with Gasteiger partial charge in [-0.25, -0.2) is 0 Å². The van der Waals surface area contributed by atoms with E-state index in [1.54, 1.807) is 0 Å². The Morgan fingerprint density at radius 3 is 2.77 bits per heavy atom. The third-order valence-electron chi connectivity index (χ3n) is 2.06. The fraction of sp³-hybridized carbons (Fsp3) is 0.364. The molecule has 0 spiro atoms. The smallest absolute Gasteiger partial charge is 0.188 e. The van der Waals surface area contributed by atoms with Crippen LogP contribution >= 0.6 is 0 Å². The van der Waals surface area contributed by atoms with Crippen LogP contribution in [0.4, 0.5) is 0 Å². The highest BCUT2D eigenvalue weighted by molar-refractivity contribution is 5.80. The molecule has 0 fully saturated rings. The Kier molecular flexibility index (Phi) is 2.30. The normalized spacial score (nSPS) is 21.0. The minimum absolute atomic E-state index is 0.263. The Morgan fingerprint density at radius 1 is 1.38 bits per heavy atom. The standard InChI is InChI=1S/C11H13NO/c1-9-8-12-11(13-9)7-10-5-3-2-4-6-10/h2-6,9H,7-8H2,1H3. The van der Waals surface area contributed by atoms with Crippen molar-refractivity contribution in [2.24, 2.45) is 4.99 Å². The third-order valence-corrected chi connectivity index (χ3v) is 2.06. The molecule has 0 bridgehead atoms. The molecule has 1 aromatic rings. The molecule has 0 saturated carbocycles. The van der Waals surface area contributed by atoms with Crippen molar-refractivity contribution in [3.63, 3.8) is 0 Å². The van der Waals surface area contributed by atoms with Gasteiger partial charge in [0, 0.05) is 6.42 Å². The number of nitrogens with zero attached hydrogens (tertiary/aromatic N) is 1. The van der Waals surface area contributed by atoms with Crippen molar-refractivity contribution in [1.29, 1.82) is 0 Å². The quantitative estimate of drug-likeness (QED) is 0.674. The maximum atomic E-state index is 5.52. The van der Waals surface area contributed by atoms with Crippen LogP contribution in [0, 0.1) is 0 Å². The summed E-state index contributed by atoms with van der Waals surface area (Å²) in [5.74, 6) is 0.874. The second kappa shape index (κ2) is 3.60. The van der Waals surface area contributed by atoms with E-state index in [9.17, 15) is 0 Å². The maximum Gasteiger partial charge on any atom is 0.188 e. The fourth-order valence-electron chi connectivity index (χ4n) is 1.41. The van der Waals surface area contributed by atoms with Gasteiger partial charge in [0.15, 0.2) is 5.90 Å². The Labute approximate surface area is 78.3 Å². The summed E-state index contributed by atoms with van der Waals surface area (Å²) in [6, 6.07) is 10.3. The van der Waals surface area contributed by atoms with Crippen molar-refractivity contribution >= 4 is 5.90 Å². The molecule has 0 aliphatic carbocycles. The van der Waals surface area contributed by atoms with Crippen LogP contribution in [-0.4, -0.2) is 18.5 Å². The molecule has 1 atom stereocenters. The molecule has 1 unspecified atom stereocenters. The van der Waals surface area contributed by atoms with E-state index in [1.165, 1.54) is 5.56 Å². The second-order valence-electron chi connectivity index (χ2n) is 3.33. The average Bonchev–Trinajstić information content (AvgIpc) is 2.53. The van der Waals surface area contributed by atoms with Gasteiger partial charge in [-0.15, -0.1) is 0 Å². The first-order valence-corrected chi connectivity index (χ1v) is 4.58. The monoisotopic (exact) mass is 175 g/mol. The molecular formula is C11H13NO. The van der Waals surface area contributed by atoms with Gasteiger partial charge < -0.3 is 4.74 Å². The summed E-state index contributed by atoms with van der Waals surface area (Å²) in [5, 5.41) is 0. The van der Waals surface area contributed by atoms with Crippen LogP contribution in [0.1, 0.15) is 12.5 Å². The van der Waals surface area contributed by atoms with E-state index in [0.717, 1.165) is 18.9 Å². The summed E-state index contributed by atoms with van der Waals surface area (Å²) in [7, 11) is 0. The number of ether oxygens (including phenoxy) is 1. The number of aliphatic imine (C=N–C) groups is 1. The van der Waals surface area contributed by atoms with Crippen LogP contribution in [0.3, 0.4) is 0 Å². The van der Waals surface area contributed by atoms with Crippen molar-refractivity contribution in [1.82, 2.24) is 0 Å². The zero-order valence-corrected chi connectivity index (χ0v) is 7.73. The van der Waals surface area contributed by atoms with E-state index >= 15 is 0 Å². The topological polar surface area (TPSA) is 21.6 Å². The van der Waals surface area contributed by atoms with Crippen LogP contribution in [0.25, 0.3) is 0 Å². The van der Waals surface area contributed by atoms with E-state index in [2.05, 4.69) is 17.1 Å². The van der Waals surface area contributed by atoms with E-state index in [1.807, 2.05) is 25.1 Å². The molecule has 0 saturated heterocycles. The molecule has 13 heavy (non-hydrogen) atoms. The molecule has 0 amide bonds. The lowest BCUT2D eigenvalue weighted by atomic mass is 10.1. The lowest BCUT2D eigenvalue weighted by Crippen LogP contribution is -2.09. The van der Waals surface area contributed by atoms with Gasteiger partial charge in [-0.2, -0.15) is 0 Å². The highest BCUT2D eigenvalue weighted by Crippen LogP contribution is 2.09. The Balaban J connectivity index is 2.00. The van der Waals surface area contributed by atoms with Gasteiger partial charge >= 0.3 is 0 Å². The fourth-order valence-corrected chi connectivity index (χ4v) is 1.41. The summed E-state index contributed by atoms with van der Waals surface area (Å²) >= 11 is 0. The van der Waals surface area contributed by atoms with E-state index in [4.69, 9.17) is 4.74 Å². The molecule has 1 heterocycles. The Morgan fingerprint density at radius 2 is 2.15 bits per heavy atom. The Bertz CT molecular complexity index is 305. The van der Waals surface area contributed by atoms with Crippen molar-refractivity contribution in [2.45, 2.75) is 19.4 Å². The van der Waals surface area contributed by atoms with Gasteiger partial charge in [-0.1, -0.05) is 30.3 Å². The first-order valence-electron chi connectivity index (χ1n) is 4.58. The van der Waals surface area contributed by atoms with Crippen LogP contribution < -0.4 is 0 Å². The lowest BCUT2D eigenvalue weighted by Gasteiger charge is -2.04. The Hall–Kier alpha value is -1.31. The summed E-state index contributed by atoms with van der Waals surface area (Å²) in [6.45, 7) is 2.85. The van der Waals surface area contributed by atoms with Crippen LogP contribution in [-0.2, 0) is 11.2 Å². The van der Waals surface area contributed by atoms with Crippen LogP contribution in [0.15, 0.2) is 35.3 Å². The average molecular weight is 175 g/mol. The third kappa shape index (κ3) is 2.08. The predicted octanol–water partition coefficient (Wildman–Crippen LogP) is 2.05. The molecule has 0 radical (unpaired) electrons. The summed E-state index contributed by atoms with van der Waals surface area (Å²) < 4.78 is 5.52. The molecule has 2 heteroatoms. The number of hydrogen-bond donors (Lipinski definition) is 0. The zero-order valence-electron chi connectivity index (χ0n) is 7.73. The molecule has 0 aromatic heterocycles. The van der Waals surface area contributed by atoms with Gasteiger partial charge in [0.25, 0.3) is 0 Å². The molecule has 1 aliphatic heterocycles. The largest absolute Gasteiger partial charge is 0.476 e. The van der Waals surface area contributed by atoms with Gasteiger partial charge in [0.1, 0.15) is 6.10 Å². The highest BCUT2D eigenvalue weighted by atomic mass is 16.5. The number of rotatable bonds is 2. The van der Waals surface area contributed by atoms with E-state index in [0.29, 0.717) is 0 Å². The summed E-state index contributed by atoms with van der Waals surface area (Å²) in [5.41, 5.74) is 1.26. The van der Waals surface area contributed by atoms with Crippen molar-refractivity contribution in [2.75, 3.05) is 6.54 Å². The molecule has 2 nitrogen and oxygen atoms in total.